The van der Waals surface area contributed by atoms with Gasteiger partial charge in [0, 0.05) is 24.9 Å². The number of carbonyl (C=O) groups is 2. The fraction of sp³-hybridized carbons (Fsp3) is 0.846. The van der Waals surface area contributed by atoms with Crippen molar-refractivity contribution in [1.29, 1.82) is 0 Å². The molecule has 19 heavy (non-hydrogen) atoms. The zero-order chi connectivity index (χ0) is 13.8. The summed E-state index contributed by atoms with van der Waals surface area (Å²) in [6, 6.07) is 0.150. The highest BCUT2D eigenvalue weighted by Crippen LogP contribution is 2.22. The topological polar surface area (TPSA) is 69.6 Å². The van der Waals surface area contributed by atoms with Gasteiger partial charge in [0.2, 0.25) is 0 Å². The zero-order valence-electron chi connectivity index (χ0n) is 11.3. The van der Waals surface area contributed by atoms with Crippen molar-refractivity contribution < 1.29 is 14.7 Å². The summed E-state index contributed by atoms with van der Waals surface area (Å²) in [5, 5.41) is 12.2. The van der Waals surface area contributed by atoms with Gasteiger partial charge < -0.3 is 15.3 Å². The van der Waals surface area contributed by atoms with E-state index in [0.29, 0.717) is 19.5 Å². The van der Waals surface area contributed by atoms with Crippen molar-refractivity contribution in [3.05, 3.63) is 0 Å². The Morgan fingerprint density at radius 2 is 2.16 bits per heavy atom. The molecule has 3 atom stereocenters. The number of likely N-dealkylation sites (tertiary alicyclic amines) is 1. The molecule has 2 amide bonds. The van der Waals surface area contributed by atoms with Gasteiger partial charge in [-0.2, -0.15) is 11.8 Å². The van der Waals surface area contributed by atoms with Crippen LogP contribution >= 0.6 is 11.8 Å². The molecular weight excluding hydrogens is 264 g/mol. The third-order valence-electron chi connectivity index (χ3n) is 3.78. The molecule has 0 saturated carbocycles. The van der Waals surface area contributed by atoms with E-state index in [0.717, 1.165) is 18.6 Å². The summed E-state index contributed by atoms with van der Waals surface area (Å²) >= 11 is 1.87. The molecule has 2 aliphatic heterocycles. The smallest absolute Gasteiger partial charge is 0.317 e. The number of urea groups is 1. The van der Waals surface area contributed by atoms with E-state index in [1.54, 1.807) is 4.90 Å². The molecule has 0 spiro atoms. The molecule has 0 bridgehead atoms. The van der Waals surface area contributed by atoms with Gasteiger partial charge in [0.05, 0.1) is 5.92 Å². The van der Waals surface area contributed by atoms with Crippen LogP contribution < -0.4 is 5.32 Å². The molecule has 2 aliphatic rings. The van der Waals surface area contributed by atoms with Gasteiger partial charge in [-0.15, -0.1) is 0 Å². The fourth-order valence-corrected chi connectivity index (χ4v) is 3.89. The average Bonchev–Trinajstić information content (AvgIpc) is 2.39. The van der Waals surface area contributed by atoms with E-state index < -0.39 is 11.9 Å². The van der Waals surface area contributed by atoms with Crippen molar-refractivity contribution in [2.75, 3.05) is 24.6 Å². The van der Waals surface area contributed by atoms with E-state index in [2.05, 4.69) is 5.32 Å². The number of piperidine rings is 1. The normalized spacial score (nSPS) is 31.8. The molecule has 108 valence electrons. The van der Waals surface area contributed by atoms with Crippen LogP contribution in [0.4, 0.5) is 4.79 Å². The van der Waals surface area contributed by atoms with Gasteiger partial charge in [-0.25, -0.2) is 4.79 Å². The maximum Gasteiger partial charge on any atom is 0.317 e. The number of hydrogen-bond donors (Lipinski definition) is 2. The Balaban J connectivity index is 1.88. The number of nitrogens with zero attached hydrogens (tertiary/aromatic N) is 1. The first-order valence-corrected chi connectivity index (χ1v) is 8.07. The molecule has 2 fully saturated rings. The number of amides is 2. The summed E-state index contributed by atoms with van der Waals surface area (Å²) in [5.41, 5.74) is 0. The maximum atomic E-state index is 12.2. The van der Waals surface area contributed by atoms with Gasteiger partial charge in [0.25, 0.3) is 0 Å². The van der Waals surface area contributed by atoms with E-state index >= 15 is 0 Å². The number of rotatable bonds is 2. The van der Waals surface area contributed by atoms with Crippen LogP contribution in [0.15, 0.2) is 0 Å². The van der Waals surface area contributed by atoms with E-state index in [-0.39, 0.29) is 18.0 Å². The lowest BCUT2D eigenvalue weighted by molar-refractivity contribution is -0.143. The summed E-state index contributed by atoms with van der Waals surface area (Å²) in [6.45, 7) is 3.01. The summed E-state index contributed by atoms with van der Waals surface area (Å²) in [6.07, 6.45) is 2.84. The number of hydrogen-bond acceptors (Lipinski definition) is 3. The van der Waals surface area contributed by atoms with Crippen LogP contribution in [0.25, 0.3) is 0 Å². The van der Waals surface area contributed by atoms with E-state index in [1.165, 1.54) is 5.75 Å². The Labute approximate surface area is 118 Å². The molecule has 3 unspecified atom stereocenters. The van der Waals surface area contributed by atoms with Gasteiger partial charge in [-0.1, -0.05) is 6.92 Å². The van der Waals surface area contributed by atoms with E-state index in [4.69, 9.17) is 5.11 Å². The number of aliphatic carboxylic acids is 1. The van der Waals surface area contributed by atoms with Crippen LogP contribution in [0.1, 0.15) is 26.2 Å². The largest absolute Gasteiger partial charge is 0.481 e. The number of nitrogens with one attached hydrogen (secondary N) is 1. The Hall–Kier alpha value is -0.910. The number of carbonyl (C=O) groups excluding carboxylic acids is 1. The predicted molar refractivity (Wildman–Crippen MR) is 75.4 cm³/mol. The van der Waals surface area contributed by atoms with Crippen molar-refractivity contribution in [2.45, 2.75) is 32.2 Å². The summed E-state index contributed by atoms with van der Waals surface area (Å²) in [7, 11) is 0. The number of thioether (sulfide) groups is 1. The van der Waals surface area contributed by atoms with Crippen LogP contribution in [-0.4, -0.2) is 52.6 Å². The number of carboxylic acids is 1. The molecule has 0 aromatic carbocycles. The Bertz CT molecular complexity index is 345. The molecule has 5 nitrogen and oxygen atoms in total. The molecule has 2 heterocycles. The Morgan fingerprint density at radius 3 is 2.79 bits per heavy atom. The third kappa shape index (κ3) is 4.03. The lowest BCUT2D eigenvalue weighted by Crippen LogP contribution is -2.52. The van der Waals surface area contributed by atoms with Crippen LogP contribution in [0, 0.1) is 11.8 Å². The minimum atomic E-state index is -0.794. The highest BCUT2D eigenvalue weighted by molar-refractivity contribution is 7.99. The third-order valence-corrected chi connectivity index (χ3v) is 5.00. The maximum absolute atomic E-state index is 12.2. The molecule has 6 heteroatoms. The Morgan fingerprint density at radius 1 is 1.37 bits per heavy atom. The van der Waals surface area contributed by atoms with Gasteiger partial charge >= 0.3 is 12.0 Å². The minimum absolute atomic E-state index is 0.0923. The van der Waals surface area contributed by atoms with Crippen LogP contribution in [0.3, 0.4) is 0 Å². The van der Waals surface area contributed by atoms with Gasteiger partial charge in [-0.05, 0) is 30.9 Å². The lowest BCUT2D eigenvalue weighted by atomic mass is 9.91. The minimum Gasteiger partial charge on any atom is -0.481 e. The van der Waals surface area contributed by atoms with Crippen LogP contribution in [0.2, 0.25) is 0 Å². The Kier molecular flexibility index (Phi) is 4.96. The monoisotopic (exact) mass is 286 g/mol. The molecule has 2 rings (SSSR count). The highest BCUT2D eigenvalue weighted by atomic mass is 32.2. The molecule has 0 aromatic rings. The van der Waals surface area contributed by atoms with Crippen molar-refractivity contribution >= 4 is 23.8 Å². The quantitative estimate of drug-likeness (QED) is 0.809. The van der Waals surface area contributed by atoms with E-state index in [9.17, 15) is 9.59 Å². The molecule has 2 saturated heterocycles. The standard InChI is InChI=1S/C13H22N2O3S/c1-9-5-10(12(16)17)7-15(6-9)13(18)14-11-3-2-4-19-8-11/h9-11H,2-8H2,1H3,(H,14,18)(H,16,17). The van der Waals surface area contributed by atoms with Crippen LogP contribution in [-0.2, 0) is 4.79 Å². The molecule has 0 aliphatic carbocycles. The summed E-state index contributed by atoms with van der Waals surface area (Å²) in [4.78, 5) is 25.0. The van der Waals surface area contributed by atoms with Crippen molar-refractivity contribution in [2.24, 2.45) is 11.8 Å². The van der Waals surface area contributed by atoms with E-state index in [1.807, 2.05) is 18.7 Å². The number of carboxylic acid groups (broad SMARTS) is 1. The lowest BCUT2D eigenvalue weighted by Gasteiger charge is -2.36. The first-order chi connectivity index (χ1) is 9.06. The van der Waals surface area contributed by atoms with Crippen molar-refractivity contribution in [1.82, 2.24) is 10.2 Å². The molecule has 0 aromatic heterocycles. The van der Waals surface area contributed by atoms with Gasteiger partial charge in [-0.3, -0.25) is 4.79 Å². The molecular formula is C13H22N2O3S. The van der Waals surface area contributed by atoms with Crippen molar-refractivity contribution in [3.63, 3.8) is 0 Å². The summed E-state index contributed by atoms with van der Waals surface area (Å²) in [5.74, 6) is 1.18. The second kappa shape index (κ2) is 6.50. The second-order valence-corrected chi connectivity index (χ2v) is 6.79. The van der Waals surface area contributed by atoms with Crippen molar-refractivity contribution in [3.8, 4) is 0 Å². The first-order valence-electron chi connectivity index (χ1n) is 6.92. The summed E-state index contributed by atoms with van der Waals surface area (Å²) < 4.78 is 0. The fourth-order valence-electron chi connectivity index (χ4n) is 2.82. The SMILES string of the molecule is CC1CC(C(=O)O)CN(C(=O)NC2CCCSC2)C1. The second-order valence-electron chi connectivity index (χ2n) is 5.64. The van der Waals surface area contributed by atoms with Crippen LogP contribution in [0.5, 0.6) is 0 Å². The first kappa shape index (κ1) is 14.5. The molecule has 0 radical (unpaired) electrons. The zero-order valence-corrected chi connectivity index (χ0v) is 12.1. The predicted octanol–water partition coefficient (Wildman–Crippen LogP) is 1.63. The molecule has 2 N–H and O–H groups in total. The van der Waals surface area contributed by atoms with Gasteiger partial charge in [0.1, 0.15) is 0 Å². The van der Waals surface area contributed by atoms with Gasteiger partial charge in [0.15, 0.2) is 0 Å². The average molecular weight is 286 g/mol. The highest BCUT2D eigenvalue weighted by Gasteiger charge is 2.32.